The Morgan fingerprint density at radius 2 is 1.71 bits per heavy atom. The SMILES string of the molecule is CCN1CCN(C(=O)c2ccccc2NS(=O)(=O)c2cc(C)ccc2C)CC1. The maximum atomic E-state index is 13.0. The van der Waals surface area contributed by atoms with E-state index in [0.717, 1.165) is 25.2 Å². The molecule has 2 aromatic carbocycles. The average molecular weight is 402 g/mol. The second kappa shape index (κ2) is 8.32. The fraction of sp³-hybridized carbons (Fsp3) is 0.381. The molecule has 0 atom stereocenters. The van der Waals surface area contributed by atoms with Crippen LogP contribution in [-0.4, -0.2) is 56.8 Å². The molecule has 0 unspecified atom stereocenters. The number of aryl methyl sites for hydroxylation is 2. The van der Waals surface area contributed by atoms with Gasteiger partial charge in [0, 0.05) is 26.2 Å². The van der Waals surface area contributed by atoms with Gasteiger partial charge in [0.15, 0.2) is 0 Å². The van der Waals surface area contributed by atoms with Gasteiger partial charge in [-0.2, -0.15) is 0 Å². The monoisotopic (exact) mass is 401 g/mol. The number of hydrogen-bond donors (Lipinski definition) is 1. The van der Waals surface area contributed by atoms with Crippen molar-refractivity contribution in [3.05, 3.63) is 59.2 Å². The Bertz CT molecular complexity index is 965. The van der Waals surface area contributed by atoms with Crippen molar-refractivity contribution < 1.29 is 13.2 Å². The summed E-state index contributed by atoms with van der Waals surface area (Å²) < 4.78 is 28.6. The zero-order valence-corrected chi connectivity index (χ0v) is 17.4. The molecule has 0 bridgehead atoms. The molecule has 1 aliphatic heterocycles. The summed E-state index contributed by atoms with van der Waals surface area (Å²) in [7, 11) is -3.79. The molecule has 1 fully saturated rings. The summed E-state index contributed by atoms with van der Waals surface area (Å²) >= 11 is 0. The van der Waals surface area contributed by atoms with Crippen molar-refractivity contribution in [2.45, 2.75) is 25.7 Å². The summed E-state index contributed by atoms with van der Waals surface area (Å²) in [5, 5.41) is 0. The first-order valence-corrected chi connectivity index (χ1v) is 11.0. The van der Waals surface area contributed by atoms with E-state index in [1.54, 1.807) is 48.2 Å². The predicted octanol–water partition coefficient (Wildman–Crippen LogP) is 2.88. The third-order valence-electron chi connectivity index (χ3n) is 5.14. The van der Waals surface area contributed by atoms with E-state index in [1.807, 2.05) is 13.0 Å². The predicted molar refractivity (Wildman–Crippen MR) is 111 cm³/mol. The summed E-state index contributed by atoms with van der Waals surface area (Å²) in [5.74, 6) is -0.144. The van der Waals surface area contributed by atoms with Crippen LogP contribution in [0.3, 0.4) is 0 Å². The van der Waals surface area contributed by atoms with Crippen LogP contribution in [0, 0.1) is 13.8 Å². The molecule has 1 saturated heterocycles. The Morgan fingerprint density at radius 1 is 1.04 bits per heavy atom. The number of carbonyl (C=O) groups is 1. The highest BCUT2D eigenvalue weighted by Crippen LogP contribution is 2.24. The van der Waals surface area contributed by atoms with Crippen LogP contribution in [0.15, 0.2) is 47.4 Å². The molecule has 0 saturated carbocycles. The Kier molecular flexibility index (Phi) is 6.05. The molecule has 1 N–H and O–H groups in total. The van der Waals surface area contributed by atoms with Crippen LogP contribution in [0.25, 0.3) is 0 Å². The first-order chi connectivity index (χ1) is 13.3. The molecule has 0 radical (unpaired) electrons. The van der Waals surface area contributed by atoms with E-state index in [2.05, 4.69) is 16.5 Å². The lowest BCUT2D eigenvalue weighted by Gasteiger charge is -2.34. The standard InChI is InChI=1S/C21H27N3O3S/c1-4-23-11-13-24(14-12-23)21(25)18-7-5-6-8-19(18)22-28(26,27)20-15-16(2)9-10-17(20)3/h5-10,15,22H,4,11-14H2,1-3H3. The number of para-hydroxylation sites is 1. The van der Waals surface area contributed by atoms with Gasteiger partial charge in [-0.3, -0.25) is 9.52 Å². The molecule has 2 aromatic rings. The highest BCUT2D eigenvalue weighted by Gasteiger charge is 2.25. The van der Waals surface area contributed by atoms with Crippen molar-refractivity contribution in [2.24, 2.45) is 0 Å². The number of rotatable bonds is 5. The lowest BCUT2D eigenvalue weighted by Crippen LogP contribution is -2.48. The van der Waals surface area contributed by atoms with Gasteiger partial charge >= 0.3 is 0 Å². The number of nitrogens with one attached hydrogen (secondary N) is 1. The van der Waals surface area contributed by atoms with Crippen LogP contribution >= 0.6 is 0 Å². The highest BCUT2D eigenvalue weighted by molar-refractivity contribution is 7.92. The van der Waals surface area contributed by atoms with E-state index in [0.29, 0.717) is 29.9 Å². The summed E-state index contributed by atoms with van der Waals surface area (Å²) in [4.78, 5) is 17.3. The van der Waals surface area contributed by atoms with E-state index in [1.165, 1.54) is 0 Å². The lowest BCUT2D eigenvalue weighted by molar-refractivity contribution is 0.0644. The Morgan fingerprint density at radius 3 is 2.39 bits per heavy atom. The van der Waals surface area contributed by atoms with E-state index >= 15 is 0 Å². The Labute approximate surface area is 167 Å². The van der Waals surface area contributed by atoms with Crippen molar-refractivity contribution in [2.75, 3.05) is 37.4 Å². The zero-order valence-electron chi connectivity index (χ0n) is 16.6. The van der Waals surface area contributed by atoms with Crippen LogP contribution in [0.5, 0.6) is 0 Å². The number of piperazine rings is 1. The molecule has 1 amide bonds. The molecule has 3 rings (SSSR count). The molecule has 7 heteroatoms. The van der Waals surface area contributed by atoms with E-state index in [-0.39, 0.29) is 10.8 Å². The van der Waals surface area contributed by atoms with Gasteiger partial charge in [-0.05, 0) is 49.7 Å². The number of anilines is 1. The first kappa shape index (κ1) is 20.4. The van der Waals surface area contributed by atoms with E-state index < -0.39 is 10.0 Å². The minimum Gasteiger partial charge on any atom is -0.336 e. The zero-order chi connectivity index (χ0) is 20.3. The van der Waals surface area contributed by atoms with Crippen LogP contribution < -0.4 is 4.72 Å². The summed E-state index contributed by atoms with van der Waals surface area (Å²) in [6.45, 7) is 9.64. The van der Waals surface area contributed by atoms with Gasteiger partial charge in [0.25, 0.3) is 15.9 Å². The maximum Gasteiger partial charge on any atom is 0.262 e. The topological polar surface area (TPSA) is 69.7 Å². The molecular formula is C21H27N3O3S. The molecule has 1 aliphatic rings. The third-order valence-corrected chi connectivity index (χ3v) is 6.65. The summed E-state index contributed by atoms with van der Waals surface area (Å²) in [5.41, 5.74) is 2.22. The van der Waals surface area contributed by atoms with Crippen molar-refractivity contribution in [1.29, 1.82) is 0 Å². The molecule has 28 heavy (non-hydrogen) atoms. The largest absolute Gasteiger partial charge is 0.336 e. The minimum atomic E-state index is -3.79. The number of sulfonamides is 1. The Hall–Kier alpha value is -2.38. The molecule has 6 nitrogen and oxygen atoms in total. The van der Waals surface area contributed by atoms with Gasteiger partial charge in [0.1, 0.15) is 0 Å². The van der Waals surface area contributed by atoms with E-state index in [4.69, 9.17) is 0 Å². The van der Waals surface area contributed by atoms with Gasteiger partial charge in [-0.15, -0.1) is 0 Å². The molecule has 150 valence electrons. The fourth-order valence-electron chi connectivity index (χ4n) is 3.39. The van der Waals surface area contributed by atoms with Gasteiger partial charge < -0.3 is 9.80 Å². The third kappa shape index (κ3) is 4.36. The number of likely N-dealkylation sites (N-methyl/N-ethyl adjacent to an activating group) is 1. The van der Waals surface area contributed by atoms with Gasteiger partial charge in [-0.25, -0.2) is 8.42 Å². The van der Waals surface area contributed by atoms with Gasteiger partial charge in [0.2, 0.25) is 0 Å². The van der Waals surface area contributed by atoms with Crippen LogP contribution in [-0.2, 0) is 10.0 Å². The van der Waals surface area contributed by atoms with Crippen LogP contribution in [0.4, 0.5) is 5.69 Å². The fourth-order valence-corrected chi connectivity index (χ4v) is 4.80. The van der Waals surface area contributed by atoms with Crippen molar-refractivity contribution in [3.8, 4) is 0 Å². The van der Waals surface area contributed by atoms with E-state index in [9.17, 15) is 13.2 Å². The van der Waals surface area contributed by atoms with Crippen LogP contribution in [0.2, 0.25) is 0 Å². The minimum absolute atomic E-state index is 0.144. The van der Waals surface area contributed by atoms with Gasteiger partial charge in [0.05, 0.1) is 16.1 Å². The van der Waals surface area contributed by atoms with Gasteiger partial charge in [-0.1, -0.05) is 31.2 Å². The molecule has 1 heterocycles. The summed E-state index contributed by atoms with van der Waals surface area (Å²) in [6.07, 6.45) is 0. The second-order valence-corrected chi connectivity index (χ2v) is 8.80. The average Bonchev–Trinajstić information content (AvgIpc) is 2.69. The normalized spacial score (nSPS) is 15.5. The first-order valence-electron chi connectivity index (χ1n) is 9.52. The molecule has 0 aromatic heterocycles. The summed E-state index contributed by atoms with van der Waals surface area (Å²) in [6, 6.07) is 12.1. The van der Waals surface area contributed by atoms with Crippen LogP contribution in [0.1, 0.15) is 28.4 Å². The molecular weight excluding hydrogens is 374 g/mol. The number of nitrogens with zero attached hydrogens (tertiary/aromatic N) is 2. The number of benzene rings is 2. The van der Waals surface area contributed by atoms with Crippen molar-refractivity contribution in [1.82, 2.24) is 9.80 Å². The van der Waals surface area contributed by atoms with Crippen molar-refractivity contribution >= 4 is 21.6 Å². The maximum absolute atomic E-state index is 13.0. The Balaban J connectivity index is 1.86. The second-order valence-electron chi connectivity index (χ2n) is 7.15. The number of carbonyl (C=O) groups excluding carboxylic acids is 1. The molecule has 0 aliphatic carbocycles. The number of hydrogen-bond acceptors (Lipinski definition) is 4. The number of amides is 1. The van der Waals surface area contributed by atoms with Crippen molar-refractivity contribution in [3.63, 3.8) is 0 Å². The quantitative estimate of drug-likeness (QED) is 0.836. The lowest BCUT2D eigenvalue weighted by atomic mass is 10.1. The highest BCUT2D eigenvalue weighted by atomic mass is 32.2. The smallest absolute Gasteiger partial charge is 0.262 e. The molecule has 0 spiro atoms.